The van der Waals surface area contributed by atoms with Crippen LogP contribution in [0.5, 0.6) is 0 Å². The molecule has 0 aliphatic carbocycles. The third-order valence-corrected chi connectivity index (χ3v) is 6.73. The van der Waals surface area contributed by atoms with Crippen LogP contribution >= 0.6 is 23.2 Å². The summed E-state index contributed by atoms with van der Waals surface area (Å²) in [6.07, 6.45) is 2.90. The van der Waals surface area contributed by atoms with Gasteiger partial charge in [-0.05, 0) is 54.6 Å². The number of rotatable bonds is 6. The van der Waals surface area contributed by atoms with Gasteiger partial charge in [-0.15, -0.1) is 0 Å². The predicted octanol–water partition coefficient (Wildman–Crippen LogP) is 5.29. The highest BCUT2D eigenvalue weighted by Crippen LogP contribution is 2.23. The van der Waals surface area contributed by atoms with Crippen LogP contribution in [0.15, 0.2) is 70.1 Å². The minimum absolute atomic E-state index is 0.127. The number of aromatic nitrogens is 1. The number of carbonyl (C=O) groups excluding carboxylic acids is 3. The van der Waals surface area contributed by atoms with Gasteiger partial charge in [-0.1, -0.05) is 30.1 Å². The number of hydrogen-bond donors (Lipinski definition) is 2. The lowest BCUT2D eigenvalue weighted by Gasteiger charge is -2.12. The Bertz CT molecular complexity index is 1370. The summed E-state index contributed by atoms with van der Waals surface area (Å²) in [6.45, 7) is 1.63. The number of benzene rings is 2. The lowest BCUT2D eigenvalue weighted by atomic mass is 10.1. The molecule has 34 heavy (non-hydrogen) atoms. The van der Waals surface area contributed by atoms with Crippen LogP contribution in [0.2, 0.25) is 10.0 Å². The molecule has 0 aliphatic heterocycles. The third kappa shape index (κ3) is 6.40. The molecule has 0 spiro atoms. The van der Waals surface area contributed by atoms with Crippen molar-refractivity contribution in [1.82, 2.24) is 4.98 Å². The number of hydrogen-bond acceptors (Lipinski definition) is 5. The zero-order chi connectivity index (χ0) is 24.9. The fraction of sp³-hybridized carbons (Fsp3) is 0.130. The van der Waals surface area contributed by atoms with Crippen molar-refractivity contribution in [2.24, 2.45) is 4.36 Å². The van der Waals surface area contributed by atoms with Gasteiger partial charge in [0.05, 0.1) is 26.0 Å². The van der Waals surface area contributed by atoms with Crippen molar-refractivity contribution in [3.8, 4) is 0 Å². The number of amides is 3. The number of pyridine rings is 1. The van der Waals surface area contributed by atoms with Gasteiger partial charge in [0.1, 0.15) is 5.82 Å². The second-order valence-electron chi connectivity index (χ2n) is 7.13. The maximum absolute atomic E-state index is 12.8. The molecule has 1 unspecified atom stereocenters. The van der Waals surface area contributed by atoms with E-state index < -0.39 is 27.5 Å². The zero-order valence-corrected chi connectivity index (χ0v) is 20.5. The number of halogens is 2. The second-order valence-corrected chi connectivity index (χ2v) is 10.3. The topological polar surface area (TPSA) is 118 Å². The monoisotopic (exact) mass is 518 g/mol. The van der Waals surface area contributed by atoms with Gasteiger partial charge in [0.2, 0.25) is 0 Å². The first-order chi connectivity index (χ1) is 16.1. The van der Waals surface area contributed by atoms with Crippen LogP contribution in [0.3, 0.4) is 0 Å². The molecule has 11 heteroatoms. The molecule has 0 aliphatic rings. The van der Waals surface area contributed by atoms with Crippen molar-refractivity contribution >= 4 is 62.2 Å². The number of carbonyl (C=O) groups is 3. The van der Waals surface area contributed by atoms with E-state index in [1.165, 1.54) is 61.0 Å². The first kappa shape index (κ1) is 25.4. The van der Waals surface area contributed by atoms with Gasteiger partial charge in [-0.3, -0.25) is 14.4 Å². The molecule has 8 nitrogen and oxygen atoms in total. The molecule has 3 aromatic rings. The van der Waals surface area contributed by atoms with Crippen molar-refractivity contribution in [1.29, 1.82) is 0 Å². The maximum atomic E-state index is 12.8. The van der Waals surface area contributed by atoms with Crippen molar-refractivity contribution in [2.75, 3.05) is 16.9 Å². The Balaban J connectivity index is 1.81. The van der Waals surface area contributed by atoms with E-state index in [9.17, 15) is 18.6 Å². The van der Waals surface area contributed by atoms with E-state index in [0.29, 0.717) is 14.9 Å². The van der Waals surface area contributed by atoms with Gasteiger partial charge < -0.3 is 10.6 Å². The van der Waals surface area contributed by atoms with Gasteiger partial charge in [0.25, 0.3) is 17.7 Å². The summed E-state index contributed by atoms with van der Waals surface area (Å²) in [7, 11) is -2.92. The largest absolute Gasteiger partial charge is 0.321 e. The lowest BCUT2D eigenvalue weighted by molar-refractivity contribution is -0.117. The smallest absolute Gasteiger partial charge is 0.258 e. The van der Waals surface area contributed by atoms with Crippen LogP contribution in [0.1, 0.15) is 34.1 Å². The van der Waals surface area contributed by atoms with Crippen LogP contribution in [-0.2, 0) is 14.5 Å². The molecule has 2 N–H and O–H groups in total. The van der Waals surface area contributed by atoms with Crippen molar-refractivity contribution < 1.29 is 18.6 Å². The minimum atomic E-state index is -2.92. The molecule has 0 bridgehead atoms. The van der Waals surface area contributed by atoms with Crippen molar-refractivity contribution in [3.63, 3.8) is 0 Å². The summed E-state index contributed by atoms with van der Waals surface area (Å²) in [5.74, 6) is -1.22. The summed E-state index contributed by atoms with van der Waals surface area (Å²) < 4.78 is 16.4. The Morgan fingerprint density at radius 1 is 0.941 bits per heavy atom. The molecule has 176 valence electrons. The molecule has 0 saturated heterocycles. The first-order valence-electron chi connectivity index (χ1n) is 9.98. The Hall–Kier alpha value is -3.27. The summed E-state index contributed by atoms with van der Waals surface area (Å²) in [5, 5.41) is 6.03. The molecule has 3 amide bonds. The van der Waals surface area contributed by atoms with Crippen LogP contribution in [-0.4, -0.2) is 33.2 Å². The van der Waals surface area contributed by atoms with E-state index in [1.54, 1.807) is 13.0 Å². The standard InChI is InChI=1S/C23H20Cl2N4O4S/c1-3-21(30)29-34(2,33)17-8-4-14(5-9-17)22(31)27-19-10-6-15(24)12-18(19)23(32)28-20-11-7-16(25)13-26-20/h4-13H,3H2,1-2H3,(H,27,31)(H,26,28,32). The van der Waals surface area contributed by atoms with Gasteiger partial charge in [-0.25, -0.2) is 9.19 Å². The van der Waals surface area contributed by atoms with Crippen molar-refractivity contribution in [2.45, 2.75) is 18.2 Å². The van der Waals surface area contributed by atoms with Gasteiger partial charge in [0.15, 0.2) is 0 Å². The van der Waals surface area contributed by atoms with Crippen LogP contribution < -0.4 is 10.6 Å². The molecular formula is C23H20Cl2N4O4S. The molecule has 0 saturated carbocycles. The fourth-order valence-corrected chi connectivity index (χ4v) is 4.36. The number of nitrogens with zero attached hydrogens (tertiary/aromatic N) is 2. The maximum Gasteiger partial charge on any atom is 0.258 e. The lowest BCUT2D eigenvalue weighted by Crippen LogP contribution is -2.18. The molecule has 3 rings (SSSR count). The second kappa shape index (κ2) is 10.8. The van der Waals surface area contributed by atoms with Gasteiger partial charge in [0, 0.05) is 34.4 Å². The van der Waals surface area contributed by atoms with E-state index in [0.717, 1.165) is 0 Å². The molecule has 1 heterocycles. The molecule has 1 atom stereocenters. The van der Waals surface area contributed by atoms with E-state index in [2.05, 4.69) is 20.0 Å². The first-order valence-corrected chi connectivity index (χ1v) is 12.7. The van der Waals surface area contributed by atoms with Crippen LogP contribution in [0.25, 0.3) is 0 Å². The highest BCUT2D eigenvalue weighted by atomic mass is 35.5. The normalized spacial score (nSPS) is 12.4. The predicted molar refractivity (Wildman–Crippen MR) is 133 cm³/mol. The third-order valence-electron chi connectivity index (χ3n) is 4.58. The van der Waals surface area contributed by atoms with Crippen molar-refractivity contribution in [3.05, 3.63) is 82.0 Å². The summed E-state index contributed by atoms with van der Waals surface area (Å²) in [5.41, 5.74) is 0.608. The quantitative estimate of drug-likeness (QED) is 0.459. The number of nitrogens with one attached hydrogen (secondary N) is 2. The highest BCUT2D eigenvalue weighted by Gasteiger charge is 2.17. The Labute approximate surface area is 206 Å². The molecule has 0 fully saturated rings. The van der Waals surface area contributed by atoms with E-state index >= 15 is 0 Å². The fourth-order valence-electron chi connectivity index (χ4n) is 2.81. The molecular weight excluding hydrogens is 499 g/mol. The van der Waals surface area contributed by atoms with Gasteiger partial charge in [-0.2, -0.15) is 4.36 Å². The Morgan fingerprint density at radius 3 is 2.24 bits per heavy atom. The summed E-state index contributed by atoms with van der Waals surface area (Å²) >= 11 is 11.9. The average molecular weight is 519 g/mol. The van der Waals surface area contributed by atoms with Crippen LogP contribution in [0, 0.1) is 0 Å². The Kier molecular flexibility index (Phi) is 8.03. The highest BCUT2D eigenvalue weighted by molar-refractivity contribution is 7.93. The average Bonchev–Trinajstić information content (AvgIpc) is 2.81. The summed E-state index contributed by atoms with van der Waals surface area (Å²) in [4.78, 5) is 41.5. The van der Waals surface area contributed by atoms with E-state index in [1.807, 2.05) is 0 Å². The molecule has 0 radical (unpaired) electrons. The van der Waals surface area contributed by atoms with Crippen LogP contribution in [0.4, 0.5) is 11.5 Å². The van der Waals surface area contributed by atoms with E-state index in [-0.39, 0.29) is 29.1 Å². The SMILES string of the molecule is CCC(=O)N=S(C)(=O)c1ccc(C(=O)Nc2ccc(Cl)cc2C(=O)Nc2ccc(Cl)cn2)cc1. The Morgan fingerprint density at radius 2 is 1.62 bits per heavy atom. The zero-order valence-electron chi connectivity index (χ0n) is 18.2. The molecule has 1 aromatic heterocycles. The summed E-state index contributed by atoms with van der Waals surface area (Å²) in [6, 6.07) is 13.5. The van der Waals surface area contributed by atoms with Gasteiger partial charge >= 0.3 is 0 Å². The number of anilines is 2. The van der Waals surface area contributed by atoms with E-state index in [4.69, 9.17) is 23.2 Å². The minimum Gasteiger partial charge on any atom is -0.321 e. The molecule has 2 aromatic carbocycles.